The number of thiazole rings is 1. The molecule has 0 fully saturated rings. The molecule has 1 aromatic rings. The molecule has 1 heterocycles. The lowest BCUT2D eigenvalue weighted by atomic mass is 10.2. The van der Waals surface area contributed by atoms with Crippen molar-refractivity contribution >= 4 is 22.6 Å². The number of rotatable bonds is 4. The van der Waals surface area contributed by atoms with Crippen LogP contribution in [0.2, 0.25) is 0 Å². The Kier molecular flexibility index (Phi) is 5.56. The molecule has 0 bridgehead atoms. The summed E-state index contributed by atoms with van der Waals surface area (Å²) in [4.78, 5) is 19.1. The fraction of sp³-hybridized carbons (Fsp3) is 0.571. The summed E-state index contributed by atoms with van der Waals surface area (Å²) in [6.07, 6.45) is 4.40. The van der Waals surface area contributed by atoms with E-state index >= 15 is 0 Å². The number of nitrogens with zero attached hydrogens (tertiary/aromatic N) is 2. The average molecular weight is 297 g/mol. The number of carbonyl (C=O) groups is 1. The summed E-state index contributed by atoms with van der Waals surface area (Å²) in [5.41, 5.74) is 0.428. The fourth-order valence-electron chi connectivity index (χ4n) is 1.43. The van der Waals surface area contributed by atoms with Crippen LogP contribution in [-0.4, -0.2) is 35.7 Å². The van der Waals surface area contributed by atoms with E-state index in [0.29, 0.717) is 5.13 Å². The van der Waals surface area contributed by atoms with Gasteiger partial charge in [0.25, 0.3) is 0 Å². The Bertz CT molecular complexity index is 487. The zero-order valence-corrected chi connectivity index (χ0v) is 13.8. The van der Waals surface area contributed by atoms with Crippen LogP contribution in [0.4, 0.5) is 9.93 Å². The van der Waals surface area contributed by atoms with Crippen molar-refractivity contribution in [3.05, 3.63) is 22.8 Å². The molecule has 0 aliphatic carbocycles. The van der Waals surface area contributed by atoms with Crippen LogP contribution >= 0.6 is 11.3 Å². The molecule has 0 saturated carbocycles. The maximum absolute atomic E-state index is 11.7. The largest absolute Gasteiger partial charge is 0.444 e. The number of nitrogens with one attached hydrogen (secondary N) is 1. The van der Waals surface area contributed by atoms with Crippen molar-refractivity contribution in [1.82, 2.24) is 9.88 Å². The summed E-state index contributed by atoms with van der Waals surface area (Å²) < 4.78 is 5.20. The van der Waals surface area contributed by atoms with Crippen molar-refractivity contribution < 1.29 is 9.53 Å². The van der Waals surface area contributed by atoms with E-state index in [2.05, 4.69) is 16.4 Å². The van der Waals surface area contributed by atoms with Crippen LogP contribution in [0, 0.1) is 6.92 Å². The van der Waals surface area contributed by atoms with Crippen molar-refractivity contribution in [2.24, 2.45) is 0 Å². The van der Waals surface area contributed by atoms with Gasteiger partial charge in [0.1, 0.15) is 5.60 Å². The van der Waals surface area contributed by atoms with Crippen LogP contribution in [0.1, 0.15) is 31.3 Å². The summed E-state index contributed by atoms with van der Waals surface area (Å²) in [5.74, 6) is 0. The molecular weight excluding hydrogens is 274 g/mol. The Hall–Kier alpha value is -1.56. The van der Waals surface area contributed by atoms with Gasteiger partial charge in [-0.15, -0.1) is 11.3 Å². The first kappa shape index (κ1) is 16.5. The minimum atomic E-state index is -0.506. The molecule has 20 heavy (non-hydrogen) atoms. The Labute approximate surface area is 124 Å². The van der Waals surface area contributed by atoms with Crippen LogP contribution in [0.25, 0.3) is 0 Å². The highest BCUT2D eigenvalue weighted by Crippen LogP contribution is 2.24. The van der Waals surface area contributed by atoms with Gasteiger partial charge in [0.15, 0.2) is 5.13 Å². The molecule has 112 valence electrons. The number of aromatic nitrogens is 1. The molecular formula is C14H23N3O2S. The molecule has 0 saturated heterocycles. The monoisotopic (exact) mass is 297 g/mol. The Balaban J connectivity index is 2.63. The van der Waals surface area contributed by atoms with E-state index < -0.39 is 11.7 Å². The summed E-state index contributed by atoms with van der Waals surface area (Å²) in [6.45, 7) is 7.43. The lowest BCUT2D eigenvalue weighted by Crippen LogP contribution is -2.27. The molecule has 1 rings (SSSR count). The third kappa shape index (κ3) is 6.06. The number of aryl methyl sites for hydroxylation is 1. The van der Waals surface area contributed by atoms with Gasteiger partial charge in [-0.05, 0) is 33.9 Å². The Morgan fingerprint density at radius 3 is 2.65 bits per heavy atom. The third-order valence-electron chi connectivity index (χ3n) is 2.21. The van der Waals surface area contributed by atoms with Gasteiger partial charge in [-0.1, -0.05) is 6.08 Å². The zero-order chi connectivity index (χ0) is 15.3. The number of hydrogen-bond acceptors (Lipinski definition) is 5. The molecule has 0 spiro atoms. The average Bonchev–Trinajstić information content (AvgIpc) is 2.55. The molecule has 1 amide bonds. The van der Waals surface area contributed by atoms with Gasteiger partial charge >= 0.3 is 6.09 Å². The Morgan fingerprint density at radius 2 is 2.10 bits per heavy atom. The smallest absolute Gasteiger partial charge is 0.413 e. The Morgan fingerprint density at radius 1 is 1.45 bits per heavy atom. The van der Waals surface area contributed by atoms with E-state index in [0.717, 1.165) is 17.0 Å². The predicted octanol–water partition coefficient (Wildman–Crippen LogP) is 3.42. The van der Waals surface area contributed by atoms with Gasteiger partial charge in [0.05, 0.1) is 5.69 Å². The molecule has 0 radical (unpaired) electrons. The molecule has 5 nitrogen and oxygen atoms in total. The topological polar surface area (TPSA) is 54.5 Å². The summed E-state index contributed by atoms with van der Waals surface area (Å²) >= 11 is 1.47. The van der Waals surface area contributed by atoms with Crippen molar-refractivity contribution in [1.29, 1.82) is 0 Å². The van der Waals surface area contributed by atoms with Gasteiger partial charge in [0, 0.05) is 25.4 Å². The molecule has 0 atom stereocenters. The maximum atomic E-state index is 11.7. The van der Waals surface area contributed by atoms with Gasteiger partial charge in [-0.3, -0.25) is 5.32 Å². The minimum absolute atomic E-state index is 0.471. The van der Waals surface area contributed by atoms with E-state index in [9.17, 15) is 4.79 Å². The van der Waals surface area contributed by atoms with Crippen LogP contribution in [-0.2, 0) is 11.2 Å². The van der Waals surface area contributed by atoms with E-state index in [1.807, 2.05) is 52.9 Å². The lowest BCUT2D eigenvalue weighted by molar-refractivity contribution is 0.0636. The molecule has 0 aromatic carbocycles. The highest BCUT2D eigenvalue weighted by atomic mass is 32.1. The van der Waals surface area contributed by atoms with Crippen LogP contribution < -0.4 is 5.32 Å². The van der Waals surface area contributed by atoms with E-state index in [4.69, 9.17) is 4.74 Å². The normalized spacial score (nSPS) is 11.7. The van der Waals surface area contributed by atoms with Crippen molar-refractivity contribution in [3.63, 3.8) is 0 Å². The number of carbonyl (C=O) groups excluding carboxylic acids is 1. The third-order valence-corrected chi connectivity index (χ3v) is 3.30. The summed E-state index contributed by atoms with van der Waals surface area (Å²) in [5, 5.41) is 3.24. The molecule has 0 aliphatic rings. The molecule has 1 aromatic heterocycles. The van der Waals surface area contributed by atoms with Crippen LogP contribution in [0.15, 0.2) is 12.3 Å². The predicted molar refractivity (Wildman–Crippen MR) is 83.2 cm³/mol. The second kappa shape index (κ2) is 6.74. The van der Waals surface area contributed by atoms with Crippen LogP contribution in [0.3, 0.4) is 0 Å². The highest BCUT2D eigenvalue weighted by Gasteiger charge is 2.17. The fourth-order valence-corrected chi connectivity index (χ4v) is 2.36. The second-order valence-electron chi connectivity index (χ2n) is 5.71. The van der Waals surface area contributed by atoms with Gasteiger partial charge < -0.3 is 9.64 Å². The lowest BCUT2D eigenvalue weighted by Gasteiger charge is -2.18. The first-order valence-corrected chi connectivity index (χ1v) is 7.28. The van der Waals surface area contributed by atoms with E-state index in [1.165, 1.54) is 11.3 Å². The van der Waals surface area contributed by atoms with Crippen LogP contribution in [0.5, 0.6) is 0 Å². The number of hydrogen-bond donors (Lipinski definition) is 1. The number of ether oxygens (including phenoxy) is 1. The molecule has 1 N–H and O–H groups in total. The SMILES string of the molecule is Cc1nc(NC(=O)OC(C)(C)C)sc1C/C=C/N(C)C. The quantitative estimate of drug-likeness (QED) is 0.925. The number of anilines is 1. The number of allylic oxidation sites excluding steroid dienone is 1. The van der Waals surface area contributed by atoms with Crippen molar-refractivity contribution in [3.8, 4) is 0 Å². The molecule has 6 heteroatoms. The van der Waals surface area contributed by atoms with Gasteiger partial charge in [-0.2, -0.15) is 0 Å². The van der Waals surface area contributed by atoms with Gasteiger partial charge in [-0.25, -0.2) is 9.78 Å². The molecule has 0 unspecified atom stereocenters. The standard InChI is InChI=1S/C14H23N3O2S/c1-10-11(8-7-9-17(5)6)20-12(15-10)16-13(18)19-14(2,3)4/h7,9H,8H2,1-6H3,(H,15,16,18)/b9-7+. The first-order valence-electron chi connectivity index (χ1n) is 6.47. The molecule has 0 aliphatic heterocycles. The summed E-state index contributed by atoms with van der Waals surface area (Å²) in [6, 6.07) is 0. The second-order valence-corrected chi connectivity index (χ2v) is 6.79. The highest BCUT2D eigenvalue weighted by molar-refractivity contribution is 7.15. The van der Waals surface area contributed by atoms with Crippen molar-refractivity contribution in [2.45, 2.75) is 39.7 Å². The first-order chi connectivity index (χ1) is 9.17. The van der Waals surface area contributed by atoms with Gasteiger partial charge in [0.2, 0.25) is 0 Å². The van der Waals surface area contributed by atoms with Crippen molar-refractivity contribution in [2.75, 3.05) is 19.4 Å². The zero-order valence-electron chi connectivity index (χ0n) is 13.0. The van der Waals surface area contributed by atoms with E-state index in [-0.39, 0.29) is 0 Å². The van der Waals surface area contributed by atoms with E-state index in [1.54, 1.807) is 0 Å². The summed E-state index contributed by atoms with van der Waals surface area (Å²) in [7, 11) is 3.96. The minimum Gasteiger partial charge on any atom is -0.444 e. The maximum Gasteiger partial charge on any atom is 0.413 e. The number of amides is 1.